The third-order valence-corrected chi connectivity index (χ3v) is 4.75. The molecule has 4 nitrogen and oxygen atoms in total. The van der Waals surface area contributed by atoms with Gasteiger partial charge < -0.3 is 15.3 Å². The minimum atomic E-state index is -1.22. The van der Waals surface area contributed by atoms with Crippen molar-refractivity contribution in [3.63, 3.8) is 0 Å². The van der Waals surface area contributed by atoms with Gasteiger partial charge in [-0.25, -0.2) is 0 Å². The number of carbonyl (C=O) groups excluding carboxylic acids is 1. The van der Waals surface area contributed by atoms with Crippen molar-refractivity contribution in [2.24, 2.45) is 5.92 Å². The predicted octanol–water partition coefficient (Wildman–Crippen LogP) is 2.09. The van der Waals surface area contributed by atoms with Gasteiger partial charge in [-0.2, -0.15) is 0 Å². The lowest BCUT2D eigenvalue weighted by Crippen LogP contribution is -2.58. The van der Waals surface area contributed by atoms with E-state index in [9.17, 15) is 9.90 Å². The first-order chi connectivity index (χ1) is 10.0. The fourth-order valence-electron chi connectivity index (χ4n) is 3.57. The van der Waals surface area contributed by atoms with E-state index in [4.69, 9.17) is 0 Å². The molecule has 2 N–H and O–H groups in total. The van der Waals surface area contributed by atoms with Crippen LogP contribution < -0.4 is 5.32 Å². The molecule has 1 aliphatic heterocycles. The van der Waals surface area contributed by atoms with Gasteiger partial charge in [0.15, 0.2) is 5.60 Å². The van der Waals surface area contributed by atoms with E-state index < -0.39 is 5.60 Å². The Morgan fingerprint density at radius 1 is 1.38 bits per heavy atom. The second-order valence-corrected chi connectivity index (χ2v) is 6.95. The maximum absolute atomic E-state index is 12.6. The Bertz CT molecular complexity index is 377. The first-order valence-electron chi connectivity index (χ1n) is 8.38. The molecule has 0 radical (unpaired) electrons. The van der Waals surface area contributed by atoms with Crippen molar-refractivity contribution in [3.05, 3.63) is 12.2 Å². The molecule has 120 valence electrons. The molecule has 2 aliphatic rings. The Morgan fingerprint density at radius 2 is 2.10 bits per heavy atom. The first-order valence-corrected chi connectivity index (χ1v) is 8.38. The molecule has 4 heteroatoms. The predicted molar refractivity (Wildman–Crippen MR) is 85.0 cm³/mol. The van der Waals surface area contributed by atoms with Crippen molar-refractivity contribution in [2.75, 3.05) is 26.2 Å². The molecule has 21 heavy (non-hydrogen) atoms. The van der Waals surface area contributed by atoms with Gasteiger partial charge in [-0.3, -0.25) is 4.79 Å². The van der Waals surface area contributed by atoms with Gasteiger partial charge in [0.05, 0.1) is 0 Å². The summed E-state index contributed by atoms with van der Waals surface area (Å²) in [7, 11) is 0. The number of aliphatic hydroxyl groups is 1. The summed E-state index contributed by atoms with van der Waals surface area (Å²) in [6, 6.07) is 0. The highest BCUT2D eigenvalue weighted by Crippen LogP contribution is 2.28. The van der Waals surface area contributed by atoms with E-state index in [1.54, 1.807) is 0 Å². The minimum absolute atomic E-state index is 0.0754. The lowest BCUT2D eigenvalue weighted by molar-refractivity contribution is -0.157. The molecule has 1 saturated heterocycles. The number of nitrogens with zero attached hydrogens (tertiary/aromatic N) is 1. The van der Waals surface area contributed by atoms with Crippen LogP contribution >= 0.6 is 0 Å². The SMILES string of the molecule is C=C(C)CNC[C@]1(O)CCCN(CC2CCCCC2)C1=O. The van der Waals surface area contributed by atoms with Gasteiger partial charge in [-0.15, -0.1) is 0 Å². The quantitative estimate of drug-likeness (QED) is 0.738. The van der Waals surface area contributed by atoms with Crippen LogP contribution in [0.3, 0.4) is 0 Å². The Balaban J connectivity index is 1.88. The summed E-state index contributed by atoms with van der Waals surface area (Å²) in [5.41, 5.74) is -0.205. The van der Waals surface area contributed by atoms with E-state index in [0.29, 0.717) is 25.4 Å². The van der Waals surface area contributed by atoms with Gasteiger partial charge in [0.2, 0.25) is 0 Å². The third kappa shape index (κ3) is 4.55. The monoisotopic (exact) mass is 294 g/mol. The van der Waals surface area contributed by atoms with Crippen LogP contribution in [-0.2, 0) is 4.79 Å². The van der Waals surface area contributed by atoms with Crippen molar-refractivity contribution in [2.45, 2.75) is 57.5 Å². The average molecular weight is 294 g/mol. The van der Waals surface area contributed by atoms with Gasteiger partial charge >= 0.3 is 0 Å². The molecule has 1 saturated carbocycles. The number of carbonyl (C=O) groups is 1. The van der Waals surface area contributed by atoms with E-state index in [0.717, 1.165) is 25.1 Å². The summed E-state index contributed by atoms with van der Waals surface area (Å²) in [5.74, 6) is 0.557. The van der Waals surface area contributed by atoms with Crippen LogP contribution in [0.4, 0.5) is 0 Å². The summed E-state index contributed by atoms with van der Waals surface area (Å²) in [5, 5.41) is 13.8. The topological polar surface area (TPSA) is 52.6 Å². The number of amides is 1. The Hall–Kier alpha value is -0.870. The van der Waals surface area contributed by atoms with Crippen molar-refractivity contribution >= 4 is 5.91 Å². The smallest absolute Gasteiger partial charge is 0.255 e. The molecule has 2 fully saturated rings. The van der Waals surface area contributed by atoms with Crippen LogP contribution in [0.5, 0.6) is 0 Å². The second kappa shape index (κ2) is 7.41. The largest absolute Gasteiger partial charge is 0.379 e. The molecule has 1 aliphatic carbocycles. The summed E-state index contributed by atoms with van der Waals surface area (Å²) in [4.78, 5) is 14.5. The molecule has 0 aromatic rings. The molecule has 0 unspecified atom stereocenters. The Labute approximate surface area is 128 Å². The zero-order valence-electron chi connectivity index (χ0n) is 13.4. The molecule has 1 atom stereocenters. The Kier molecular flexibility index (Phi) is 5.82. The molecule has 1 heterocycles. The average Bonchev–Trinajstić information content (AvgIpc) is 2.45. The maximum Gasteiger partial charge on any atom is 0.255 e. The molecule has 2 rings (SSSR count). The van der Waals surface area contributed by atoms with E-state index in [1.807, 2.05) is 11.8 Å². The zero-order valence-corrected chi connectivity index (χ0v) is 13.4. The van der Waals surface area contributed by atoms with Crippen LogP contribution in [0.15, 0.2) is 12.2 Å². The van der Waals surface area contributed by atoms with Gasteiger partial charge in [0.1, 0.15) is 0 Å². The number of nitrogens with one attached hydrogen (secondary N) is 1. The lowest BCUT2D eigenvalue weighted by Gasteiger charge is -2.40. The zero-order chi connectivity index (χ0) is 15.3. The van der Waals surface area contributed by atoms with Gasteiger partial charge in [-0.1, -0.05) is 31.4 Å². The highest BCUT2D eigenvalue weighted by Gasteiger charge is 2.42. The third-order valence-electron chi connectivity index (χ3n) is 4.75. The highest BCUT2D eigenvalue weighted by molar-refractivity contribution is 5.86. The highest BCUT2D eigenvalue weighted by atomic mass is 16.3. The number of hydrogen-bond donors (Lipinski definition) is 2. The molecular weight excluding hydrogens is 264 g/mol. The summed E-state index contributed by atoms with van der Waals surface area (Å²) >= 11 is 0. The summed E-state index contributed by atoms with van der Waals surface area (Å²) in [6.45, 7) is 8.39. The van der Waals surface area contributed by atoms with Crippen LogP contribution in [0.2, 0.25) is 0 Å². The van der Waals surface area contributed by atoms with E-state index in [2.05, 4.69) is 11.9 Å². The second-order valence-electron chi connectivity index (χ2n) is 6.95. The standard InChI is InChI=1S/C17H30N2O2/c1-14(2)11-18-13-17(21)9-6-10-19(16(17)20)12-15-7-4-3-5-8-15/h15,18,21H,1,3-13H2,2H3/t17-/m1/s1. The van der Waals surface area contributed by atoms with E-state index in [-0.39, 0.29) is 5.91 Å². The number of likely N-dealkylation sites (tertiary alicyclic amines) is 1. The van der Waals surface area contributed by atoms with E-state index >= 15 is 0 Å². The Morgan fingerprint density at radius 3 is 2.76 bits per heavy atom. The fourth-order valence-corrected chi connectivity index (χ4v) is 3.57. The van der Waals surface area contributed by atoms with Gasteiger partial charge in [0, 0.05) is 26.2 Å². The van der Waals surface area contributed by atoms with Gasteiger partial charge in [0.25, 0.3) is 5.91 Å². The summed E-state index contributed by atoms with van der Waals surface area (Å²) in [6.07, 6.45) is 7.83. The molecule has 0 bridgehead atoms. The van der Waals surface area contributed by atoms with Crippen LogP contribution in [0.1, 0.15) is 51.9 Å². The number of piperidine rings is 1. The minimum Gasteiger partial charge on any atom is -0.379 e. The van der Waals surface area contributed by atoms with Gasteiger partial charge in [-0.05, 0) is 38.5 Å². The van der Waals surface area contributed by atoms with Crippen LogP contribution in [0, 0.1) is 5.92 Å². The number of hydrogen-bond acceptors (Lipinski definition) is 3. The van der Waals surface area contributed by atoms with Crippen molar-refractivity contribution < 1.29 is 9.90 Å². The number of rotatable bonds is 6. The molecular formula is C17H30N2O2. The molecule has 0 aromatic carbocycles. The van der Waals surface area contributed by atoms with Crippen LogP contribution in [-0.4, -0.2) is 47.7 Å². The van der Waals surface area contributed by atoms with E-state index in [1.165, 1.54) is 32.1 Å². The van der Waals surface area contributed by atoms with Crippen molar-refractivity contribution in [1.82, 2.24) is 10.2 Å². The fraction of sp³-hybridized carbons (Fsp3) is 0.824. The van der Waals surface area contributed by atoms with Crippen molar-refractivity contribution in [3.8, 4) is 0 Å². The summed E-state index contributed by atoms with van der Waals surface area (Å²) < 4.78 is 0. The van der Waals surface area contributed by atoms with Crippen molar-refractivity contribution in [1.29, 1.82) is 0 Å². The molecule has 0 aromatic heterocycles. The molecule has 0 spiro atoms. The normalized spacial score (nSPS) is 27.9. The van der Waals surface area contributed by atoms with Crippen LogP contribution in [0.25, 0.3) is 0 Å². The first kappa shape index (κ1) is 16.5. The lowest BCUT2D eigenvalue weighted by atomic mass is 9.86. The maximum atomic E-state index is 12.6. The molecule has 1 amide bonds.